The monoisotopic (exact) mass is 271 g/mol. The zero-order valence-electron chi connectivity index (χ0n) is 12.6. The zero-order chi connectivity index (χ0) is 15.2. The Labute approximate surface area is 115 Å². The predicted molar refractivity (Wildman–Crippen MR) is 73.7 cm³/mol. The van der Waals surface area contributed by atoms with E-state index in [0.29, 0.717) is 0 Å². The van der Waals surface area contributed by atoms with E-state index in [9.17, 15) is 9.59 Å². The lowest BCUT2D eigenvalue weighted by Crippen LogP contribution is -2.49. The summed E-state index contributed by atoms with van der Waals surface area (Å²) in [6.07, 6.45) is 0.388. The topological polar surface area (TPSA) is 64.6 Å². The Hall–Kier alpha value is -1.52. The number of amides is 1. The minimum Gasteiger partial charge on any atom is -0.456 e. The summed E-state index contributed by atoms with van der Waals surface area (Å²) in [6.45, 7) is 14.1. The molecule has 0 heterocycles. The fourth-order valence-electron chi connectivity index (χ4n) is 1.53. The third-order valence-electron chi connectivity index (χ3n) is 2.29. The summed E-state index contributed by atoms with van der Waals surface area (Å²) in [5.41, 5.74) is -0.573. The largest absolute Gasteiger partial charge is 0.456 e. The normalized spacial score (nSPS) is 14.5. The van der Waals surface area contributed by atoms with Crippen molar-refractivity contribution in [2.24, 2.45) is 5.92 Å². The van der Waals surface area contributed by atoms with Gasteiger partial charge >= 0.3 is 12.1 Å². The molecule has 1 N–H and O–H groups in total. The third kappa shape index (κ3) is 7.49. The molecule has 0 aliphatic heterocycles. The van der Waals surface area contributed by atoms with Crippen molar-refractivity contribution in [1.82, 2.24) is 5.32 Å². The molecule has 5 nitrogen and oxygen atoms in total. The minimum atomic E-state index is -0.579. The highest BCUT2D eigenvalue weighted by molar-refractivity contribution is 5.69. The van der Waals surface area contributed by atoms with Crippen LogP contribution >= 0.6 is 0 Å². The van der Waals surface area contributed by atoms with Gasteiger partial charge < -0.3 is 14.8 Å². The molecule has 19 heavy (non-hydrogen) atoms. The van der Waals surface area contributed by atoms with Crippen LogP contribution in [0, 0.1) is 5.92 Å². The molecule has 0 bridgehead atoms. The van der Waals surface area contributed by atoms with Crippen molar-refractivity contribution >= 4 is 12.1 Å². The molecular formula is C14H25NO4. The van der Waals surface area contributed by atoms with Gasteiger partial charge in [0.2, 0.25) is 0 Å². The first-order valence-corrected chi connectivity index (χ1v) is 6.36. The van der Waals surface area contributed by atoms with Crippen LogP contribution in [-0.2, 0) is 14.3 Å². The van der Waals surface area contributed by atoms with E-state index in [1.807, 2.05) is 13.8 Å². The fourth-order valence-corrected chi connectivity index (χ4v) is 1.53. The van der Waals surface area contributed by atoms with E-state index in [1.54, 1.807) is 20.8 Å². The van der Waals surface area contributed by atoms with Gasteiger partial charge in [-0.2, -0.15) is 0 Å². The van der Waals surface area contributed by atoms with E-state index in [4.69, 9.17) is 9.47 Å². The maximum absolute atomic E-state index is 11.8. The van der Waals surface area contributed by atoms with Crippen LogP contribution in [0.25, 0.3) is 0 Å². The summed E-state index contributed by atoms with van der Waals surface area (Å²) in [6, 6.07) is -0.378. The Morgan fingerprint density at radius 2 is 1.79 bits per heavy atom. The highest BCUT2D eigenvalue weighted by atomic mass is 16.6. The van der Waals surface area contributed by atoms with Gasteiger partial charge in [0.25, 0.3) is 0 Å². The van der Waals surface area contributed by atoms with Crippen LogP contribution in [0.2, 0.25) is 0 Å². The average Bonchev–Trinajstić information content (AvgIpc) is 2.19. The van der Waals surface area contributed by atoms with Gasteiger partial charge in [-0.15, -0.1) is 0 Å². The molecule has 0 unspecified atom stereocenters. The fraction of sp³-hybridized carbons (Fsp3) is 0.714. The van der Waals surface area contributed by atoms with Crippen LogP contribution in [0.1, 0.15) is 41.5 Å². The second kappa shape index (κ2) is 7.16. The van der Waals surface area contributed by atoms with Gasteiger partial charge in [0.05, 0.1) is 6.04 Å². The van der Waals surface area contributed by atoms with Gasteiger partial charge in [0, 0.05) is 6.92 Å². The number of hydrogen-bond acceptors (Lipinski definition) is 4. The van der Waals surface area contributed by atoms with Crippen molar-refractivity contribution in [3.63, 3.8) is 0 Å². The molecule has 1 amide bonds. The number of nitrogens with one attached hydrogen (secondary N) is 1. The van der Waals surface area contributed by atoms with Crippen LogP contribution < -0.4 is 5.32 Å². The Kier molecular flexibility index (Phi) is 6.59. The summed E-state index contributed by atoms with van der Waals surface area (Å²) < 4.78 is 10.3. The predicted octanol–water partition coefficient (Wildman–Crippen LogP) is 2.65. The summed E-state index contributed by atoms with van der Waals surface area (Å²) >= 11 is 0. The van der Waals surface area contributed by atoms with Gasteiger partial charge in [0.15, 0.2) is 0 Å². The Balaban J connectivity index is 4.77. The summed E-state index contributed by atoms with van der Waals surface area (Å²) in [5.74, 6) is -0.351. The Morgan fingerprint density at radius 1 is 1.26 bits per heavy atom. The van der Waals surface area contributed by atoms with Crippen molar-refractivity contribution in [1.29, 1.82) is 0 Å². The second-order valence-electron chi connectivity index (χ2n) is 5.73. The molecule has 0 saturated heterocycles. The summed E-state index contributed by atoms with van der Waals surface area (Å²) in [5, 5.41) is 2.72. The first-order valence-electron chi connectivity index (χ1n) is 6.36. The smallest absolute Gasteiger partial charge is 0.408 e. The molecule has 0 aromatic carbocycles. The molecule has 0 fully saturated rings. The maximum Gasteiger partial charge on any atom is 0.408 e. The van der Waals surface area contributed by atoms with Crippen molar-refractivity contribution < 1.29 is 19.1 Å². The molecular weight excluding hydrogens is 246 g/mol. The SMILES string of the molecule is C=C[C@@H](OC(C)=O)[C@H](NC(=O)OC(C)(C)C)C(C)C. The van der Waals surface area contributed by atoms with Crippen LogP contribution in [-0.4, -0.2) is 29.8 Å². The van der Waals surface area contributed by atoms with Crippen molar-refractivity contribution in [2.75, 3.05) is 0 Å². The highest BCUT2D eigenvalue weighted by Crippen LogP contribution is 2.13. The number of esters is 1. The minimum absolute atomic E-state index is 0.0647. The lowest BCUT2D eigenvalue weighted by Gasteiger charge is -2.29. The molecule has 2 atom stereocenters. The molecule has 0 saturated carbocycles. The molecule has 5 heteroatoms. The molecule has 0 aromatic rings. The van der Waals surface area contributed by atoms with E-state index in [-0.39, 0.29) is 12.0 Å². The Morgan fingerprint density at radius 3 is 2.11 bits per heavy atom. The lowest BCUT2D eigenvalue weighted by atomic mass is 9.98. The van der Waals surface area contributed by atoms with E-state index in [2.05, 4.69) is 11.9 Å². The van der Waals surface area contributed by atoms with Crippen molar-refractivity contribution in [2.45, 2.75) is 59.3 Å². The standard InChI is InChI=1S/C14H25NO4/c1-8-11(18-10(4)16)12(9(2)3)15-13(17)19-14(5,6)7/h8-9,11-12H,1H2,2-7H3,(H,15,17)/t11-,12-/m1/s1. The molecule has 0 rings (SSSR count). The zero-order valence-corrected chi connectivity index (χ0v) is 12.6. The average molecular weight is 271 g/mol. The molecule has 0 aromatic heterocycles. The van der Waals surface area contributed by atoms with Gasteiger partial charge in [-0.1, -0.05) is 20.4 Å². The van der Waals surface area contributed by atoms with Crippen molar-refractivity contribution in [3.8, 4) is 0 Å². The number of carbonyl (C=O) groups is 2. The quantitative estimate of drug-likeness (QED) is 0.616. The van der Waals surface area contributed by atoms with Gasteiger partial charge in [-0.25, -0.2) is 4.79 Å². The van der Waals surface area contributed by atoms with Gasteiger partial charge in [-0.05, 0) is 32.8 Å². The molecule has 0 aliphatic rings. The van der Waals surface area contributed by atoms with E-state index < -0.39 is 23.8 Å². The van der Waals surface area contributed by atoms with Gasteiger partial charge in [0.1, 0.15) is 11.7 Å². The van der Waals surface area contributed by atoms with E-state index in [0.717, 1.165) is 0 Å². The van der Waals surface area contributed by atoms with Crippen molar-refractivity contribution in [3.05, 3.63) is 12.7 Å². The van der Waals surface area contributed by atoms with Crippen LogP contribution in [0.3, 0.4) is 0 Å². The lowest BCUT2D eigenvalue weighted by molar-refractivity contribution is -0.145. The second-order valence-corrected chi connectivity index (χ2v) is 5.73. The molecule has 0 aliphatic carbocycles. The number of alkyl carbamates (subject to hydrolysis) is 1. The molecule has 0 spiro atoms. The van der Waals surface area contributed by atoms with Crippen LogP contribution in [0.15, 0.2) is 12.7 Å². The Bertz CT molecular complexity index is 331. The number of ether oxygens (including phenoxy) is 2. The highest BCUT2D eigenvalue weighted by Gasteiger charge is 2.28. The first kappa shape index (κ1) is 17.5. The number of rotatable bonds is 5. The third-order valence-corrected chi connectivity index (χ3v) is 2.29. The maximum atomic E-state index is 11.8. The number of hydrogen-bond donors (Lipinski definition) is 1. The summed E-state index contributed by atoms with van der Waals surface area (Å²) in [4.78, 5) is 22.8. The van der Waals surface area contributed by atoms with Gasteiger partial charge in [-0.3, -0.25) is 4.79 Å². The van der Waals surface area contributed by atoms with E-state index in [1.165, 1.54) is 13.0 Å². The van der Waals surface area contributed by atoms with Crippen LogP contribution in [0.4, 0.5) is 4.79 Å². The number of carbonyl (C=O) groups excluding carboxylic acids is 2. The van der Waals surface area contributed by atoms with Crippen LogP contribution in [0.5, 0.6) is 0 Å². The molecule has 110 valence electrons. The first-order chi connectivity index (χ1) is 8.56. The molecule has 0 radical (unpaired) electrons. The summed E-state index contributed by atoms with van der Waals surface area (Å²) in [7, 11) is 0. The van der Waals surface area contributed by atoms with E-state index >= 15 is 0 Å².